The molecule has 0 fully saturated rings. The largest absolute Gasteiger partial charge is 0.469 e. The van der Waals surface area contributed by atoms with E-state index in [2.05, 4.69) is 5.32 Å². The van der Waals surface area contributed by atoms with Crippen LogP contribution < -0.4 is 5.32 Å². The lowest BCUT2D eigenvalue weighted by atomic mass is 9.96. The van der Waals surface area contributed by atoms with Crippen LogP contribution in [0.25, 0.3) is 0 Å². The quantitative estimate of drug-likeness (QED) is 0.805. The fourth-order valence-corrected chi connectivity index (χ4v) is 1.93. The Labute approximate surface area is 114 Å². The Bertz CT molecular complexity index is 432. The number of rotatable bonds is 6. The average molecular weight is 267 g/mol. The first-order valence-corrected chi connectivity index (χ1v) is 6.49. The van der Waals surface area contributed by atoms with Crippen LogP contribution in [-0.4, -0.2) is 19.6 Å². The molecule has 1 N–H and O–H groups in total. The van der Waals surface area contributed by atoms with Crippen LogP contribution in [0.15, 0.2) is 18.2 Å². The van der Waals surface area contributed by atoms with Crippen LogP contribution in [0, 0.1) is 24.6 Å². The Morgan fingerprint density at radius 3 is 2.63 bits per heavy atom. The second kappa shape index (κ2) is 7.24. The summed E-state index contributed by atoms with van der Waals surface area (Å²) in [6.07, 6.45) is 0. The van der Waals surface area contributed by atoms with Gasteiger partial charge in [-0.1, -0.05) is 26.0 Å². The van der Waals surface area contributed by atoms with Crippen molar-refractivity contribution in [2.75, 3.05) is 13.7 Å². The molecule has 0 aliphatic rings. The third kappa shape index (κ3) is 4.63. The highest BCUT2D eigenvalue weighted by Crippen LogP contribution is 2.13. The molecule has 0 bridgehead atoms. The molecule has 1 aromatic carbocycles. The Balaban J connectivity index is 2.52. The number of methoxy groups -OCH3 is 1. The predicted molar refractivity (Wildman–Crippen MR) is 73.2 cm³/mol. The van der Waals surface area contributed by atoms with Crippen LogP contribution in [0.5, 0.6) is 0 Å². The van der Waals surface area contributed by atoms with Gasteiger partial charge in [-0.05, 0) is 30.0 Å². The van der Waals surface area contributed by atoms with Gasteiger partial charge in [-0.2, -0.15) is 0 Å². The normalized spacial score (nSPS) is 12.5. The summed E-state index contributed by atoms with van der Waals surface area (Å²) in [7, 11) is 1.40. The van der Waals surface area contributed by atoms with Crippen molar-refractivity contribution in [3.8, 4) is 0 Å². The van der Waals surface area contributed by atoms with Gasteiger partial charge in [0.2, 0.25) is 0 Å². The maximum atomic E-state index is 13.1. The molecular formula is C15H22FNO2. The zero-order chi connectivity index (χ0) is 14.4. The summed E-state index contributed by atoms with van der Waals surface area (Å²) in [6, 6.07) is 5.02. The van der Waals surface area contributed by atoms with Gasteiger partial charge in [0.1, 0.15) is 5.82 Å². The number of carbonyl (C=O) groups is 1. The molecule has 0 aliphatic carbocycles. The van der Waals surface area contributed by atoms with Crippen LogP contribution in [-0.2, 0) is 16.1 Å². The lowest BCUT2D eigenvalue weighted by Gasteiger charge is -2.18. The van der Waals surface area contributed by atoms with Crippen molar-refractivity contribution in [2.24, 2.45) is 11.8 Å². The van der Waals surface area contributed by atoms with Crippen LogP contribution in [0.2, 0.25) is 0 Å². The molecule has 19 heavy (non-hydrogen) atoms. The number of halogens is 1. The van der Waals surface area contributed by atoms with Gasteiger partial charge in [0.05, 0.1) is 13.0 Å². The highest BCUT2D eigenvalue weighted by atomic mass is 19.1. The summed E-state index contributed by atoms with van der Waals surface area (Å²) in [5.74, 6) is -0.336. The van der Waals surface area contributed by atoms with E-state index in [9.17, 15) is 9.18 Å². The highest BCUT2D eigenvalue weighted by molar-refractivity contribution is 5.72. The van der Waals surface area contributed by atoms with Crippen LogP contribution in [0.1, 0.15) is 25.0 Å². The van der Waals surface area contributed by atoms with Gasteiger partial charge in [0.15, 0.2) is 0 Å². The SMILES string of the molecule is COC(=O)C(CNCc1ccc(F)c(C)c1)C(C)C. The molecule has 0 saturated heterocycles. The van der Waals surface area contributed by atoms with E-state index < -0.39 is 0 Å². The number of ether oxygens (including phenoxy) is 1. The molecule has 0 amide bonds. The van der Waals surface area contributed by atoms with Gasteiger partial charge in [0, 0.05) is 13.1 Å². The Kier molecular flexibility index (Phi) is 5.96. The lowest BCUT2D eigenvalue weighted by molar-refractivity contribution is -0.146. The molecule has 1 atom stereocenters. The van der Waals surface area contributed by atoms with Crippen molar-refractivity contribution in [1.82, 2.24) is 5.32 Å². The van der Waals surface area contributed by atoms with Gasteiger partial charge in [-0.3, -0.25) is 4.79 Å². The zero-order valence-corrected chi connectivity index (χ0v) is 12.0. The van der Waals surface area contributed by atoms with Gasteiger partial charge in [-0.25, -0.2) is 4.39 Å². The average Bonchev–Trinajstić information content (AvgIpc) is 2.37. The first-order valence-electron chi connectivity index (χ1n) is 6.49. The number of hydrogen-bond donors (Lipinski definition) is 1. The fourth-order valence-electron chi connectivity index (χ4n) is 1.93. The molecule has 0 aromatic heterocycles. The summed E-state index contributed by atoms with van der Waals surface area (Å²) in [4.78, 5) is 11.6. The van der Waals surface area contributed by atoms with E-state index >= 15 is 0 Å². The molecule has 1 aromatic rings. The molecule has 0 aliphatic heterocycles. The summed E-state index contributed by atoms with van der Waals surface area (Å²) < 4.78 is 17.9. The van der Waals surface area contributed by atoms with Crippen LogP contribution >= 0.6 is 0 Å². The molecule has 3 nitrogen and oxygen atoms in total. The Morgan fingerprint density at radius 2 is 2.11 bits per heavy atom. The first-order chi connectivity index (χ1) is 8.95. The fraction of sp³-hybridized carbons (Fsp3) is 0.533. The summed E-state index contributed by atoms with van der Waals surface area (Å²) in [6.45, 7) is 6.89. The number of aryl methyl sites for hydroxylation is 1. The van der Waals surface area contributed by atoms with Crippen LogP contribution in [0.4, 0.5) is 4.39 Å². The van der Waals surface area contributed by atoms with E-state index in [1.165, 1.54) is 13.2 Å². The third-order valence-electron chi connectivity index (χ3n) is 3.22. The summed E-state index contributed by atoms with van der Waals surface area (Å²) in [5, 5.41) is 3.22. The first kappa shape index (κ1) is 15.6. The molecule has 0 radical (unpaired) electrons. The number of hydrogen-bond acceptors (Lipinski definition) is 3. The van der Waals surface area contributed by atoms with E-state index in [-0.39, 0.29) is 23.6 Å². The molecule has 1 unspecified atom stereocenters. The maximum absolute atomic E-state index is 13.1. The number of nitrogens with one attached hydrogen (secondary N) is 1. The minimum atomic E-state index is -0.196. The van der Waals surface area contributed by atoms with Gasteiger partial charge in [0.25, 0.3) is 0 Å². The molecule has 4 heteroatoms. The summed E-state index contributed by atoms with van der Waals surface area (Å²) >= 11 is 0. The smallest absolute Gasteiger partial charge is 0.310 e. The highest BCUT2D eigenvalue weighted by Gasteiger charge is 2.22. The molecule has 0 spiro atoms. The predicted octanol–water partition coefficient (Wildman–Crippen LogP) is 2.67. The minimum Gasteiger partial charge on any atom is -0.469 e. The number of benzene rings is 1. The lowest BCUT2D eigenvalue weighted by Crippen LogP contribution is -2.32. The summed E-state index contributed by atoms with van der Waals surface area (Å²) in [5.41, 5.74) is 1.64. The zero-order valence-electron chi connectivity index (χ0n) is 12.0. The third-order valence-corrected chi connectivity index (χ3v) is 3.22. The van der Waals surface area contributed by atoms with E-state index in [0.29, 0.717) is 18.7 Å². The molecule has 106 valence electrons. The second-order valence-corrected chi connectivity index (χ2v) is 5.09. The van der Waals surface area contributed by atoms with Crippen molar-refractivity contribution < 1.29 is 13.9 Å². The molecule has 1 rings (SSSR count). The molecule has 0 saturated carbocycles. The van der Waals surface area contributed by atoms with Crippen molar-refractivity contribution >= 4 is 5.97 Å². The number of esters is 1. The van der Waals surface area contributed by atoms with Crippen LogP contribution in [0.3, 0.4) is 0 Å². The van der Waals surface area contributed by atoms with E-state index in [1.807, 2.05) is 19.9 Å². The Morgan fingerprint density at radius 1 is 1.42 bits per heavy atom. The molecule has 0 heterocycles. The molecular weight excluding hydrogens is 245 g/mol. The maximum Gasteiger partial charge on any atom is 0.310 e. The number of carbonyl (C=O) groups excluding carboxylic acids is 1. The van der Waals surface area contributed by atoms with Crippen molar-refractivity contribution in [3.05, 3.63) is 35.1 Å². The van der Waals surface area contributed by atoms with E-state index in [1.54, 1.807) is 13.0 Å². The van der Waals surface area contributed by atoms with Crippen molar-refractivity contribution in [3.63, 3.8) is 0 Å². The van der Waals surface area contributed by atoms with E-state index in [4.69, 9.17) is 4.74 Å². The monoisotopic (exact) mass is 267 g/mol. The van der Waals surface area contributed by atoms with Crippen molar-refractivity contribution in [2.45, 2.75) is 27.3 Å². The standard InChI is InChI=1S/C15H22FNO2/c1-10(2)13(15(18)19-4)9-17-8-12-5-6-14(16)11(3)7-12/h5-7,10,13,17H,8-9H2,1-4H3. The second-order valence-electron chi connectivity index (χ2n) is 5.09. The van der Waals surface area contributed by atoms with Gasteiger partial charge in [-0.15, -0.1) is 0 Å². The Hall–Kier alpha value is -1.42. The topological polar surface area (TPSA) is 38.3 Å². The minimum absolute atomic E-state index is 0.161. The van der Waals surface area contributed by atoms with E-state index in [0.717, 1.165) is 5.56 Å². The van der Waals surface area contributed by atoms with Crippen molar-refractivity contribution in [1.29, 1.82) is 0 Å². The van der Waals surface area contributed by atoms with Gasteiger partial charge >= 0.3 is 5.97 Å². The van der Waals surface area contributed by atoms with Gasteiger partial charge < -0.3 is 10.1 Å².